The van der Waals surface area contributed by atoms with E-state index in [-0.39, 0.29) is 0 Å². The number of benzene rings is 3. The van der Waals surface area contributed by atoms with Crippen LogP contribution in [-0.4, -0.2) is 18.4 Å². The number of anilines is 1. The van der Waals surface area contributed by atoms with Crippen molar-refractivity contribution in [1.82, 2.24) is 5.43 Å². The van der Waals surface area contributed by atoms with E-state index in [1.54, 1.807) is 13.3 Å². The van der Waals surface area contributed by atoms with Crippen molar-refractivity contribution in [2.75, 3.05) is 12.4 Å². The SMILES string of the molecule is COc1ccc(C=NNC(=S)Nc2ccccc2)c2ccccc12. The van der Waals surface area contributed by atoms with Gasteiger partial charge in [-0.2, -0.15) is 5.10 Å². The van der Waals surface area contributed by atoms with Crippen LogP contribution < -0.4 is 15.5 Å². The third kappa shape index (κ3) is 3.70. The maximum atomic E-state index is 5.40. The second-order valence-corrected chi connectivity index (χ2v) is 5.50. The van der Waals surface area contributed by atoms with Gasteiger partial charge in [-0.3, -0.25) is 5.43 Å². The highest BCUT2D eigenvalue weighted by Crippen LogP contribution is 2.27. The highest BCUT2D eigenvalue weighted by atomic mass is 32.1. The fourth-order valence-electron chi connectivity index (χ4n) is 2.43. The Labute approximate surface area is 146 Å². The van der Waals surface area contributed by atoms with Crippen LogP contribution in [0.25, 0.3) is 10.8 Å². The van der Waals surface area contributed by atoms with Gasteiger partial charge in [0.2, 0.25) is 0 Å². The number of methoxy groups -OCH3 is 1. The van der Waals surface area contributed by atoms with Gasteiger partial charge in [-0.05, 0) is 41.9 Å². The highest BCUT2D eigenvalue weighted by Gasteiger charge is 2.04. The minimum Gasteiger partial charge on any atom is -0.496 e. The van der Waals surface area contributed by atoms with Gasteiger partial charge >= 0.3 is 0 Å². The van der Waals surface area contributed by atoms with E-state index >= 15 is 0 Å². The summed E-state index contributed by atoms with van der Waals surface area (Å²) < 4.78 is 5.40. The van der Waals surface area contributed by atoms with Crippen molar-refractivity contribution >= 4 is 40.0 Å². The molecular formula is C19H17N3OS. The number of nitrogens with zero attached hydrogens (tertiary/aromatic N) is 1. The topological polar surface area (TPSA) is 45.6 Å². The molecule has 0 spiro atoms. The molecule has 0 aliphatic carbocycles. The summed E-state index contributed by atoms with van der Waals surface area (Å²) in [4.78, 5) is 0. The third-order valence-electron chi connectivity index (χ3n) is 3.54. The zero-order valence-electron chi connectivity index (χ0n) is 13.2. The summed E-state index contributed by atoms with van der Waals surface area (Å²) in [6, 6.07) is 21.7. The average molecular weight is 335 g/mol. The largest absolute Gasteiger partial charge is 0.496 e. The van der Waals surface area contributed by atoms with Crippen LogP contribution in [0, 0.1) is 0 Å². The van der Waals surface area contributed by atoms with Crippen LogP contribution >= 0.6 is 12.2 Å². The zero-order chi connectivity index (χ0) is 16.8. The number of ether oxygens (including phenoxy) is 1. The summed E-state index contributed by atoms with van der Waals surface area (Å²) in [5.74, 6) is 0.844. The van der Waals surface area contributed by atoms with Crippen LogP contribution in [0.4, 0.5) is 5.69 Å². The molecule has 0 unspecified atom stereocenters. The molecule has 0 aromatic heterocycles. The molecule has 2 N–H and O–H groups in total. The monoisotopic (exact) mass is 335 g/mol. The number of hydrazone groups is 1. The highest BCUT2D eigenvalue weighted by molar-refractivity contribution is 7.80. The lowest BCUT2D eigenvalue weighted by atomic mass is 10.0. The molecule has 3 aromatic rings. The Morgan fingerprint density at radius 1 is 0.958 bits per heavy atom. The van der Waals surface area contributed by atoms with Crippen molar-refractivity contribution in [3.63, 3.8) is 0 Å². The van der Waals surface area contributed by atoms with Crippen molar-refractivity contribution in [2.45, 2.75) is 0 Å². The Morgan fingerprint density at radius 2 is 1.67 bits per heavy atom. The third-order valence-corrected chi connectivity index (χ3v) is 3.73. The number of rotatable bonds is 4. The molecule has 5 heteroatoms. The summed E-state index contributed by atoms with van der Waals surface area (Å²) in [5.41, 5.74) is 4.74. The van der Waals surface area contributed by atoms with Crippen LogP contribution in [0.3, 0.4) is 0 Å². The van der Waals surface area contributed by atoms with E-state index in [1.807, 2.05) is 66.7 Å². The number of nitrogens with one attached hydrogen (secondary N) is 2. The van der Waals surface area contributed by atoms with Crippen LogP contribution in [-0.2, 0) is 0 Å². The van der Waals surface area contributed by atoms with E-state index < -0.39 is 0 Å². The molecule has 0 aliphatic heterocycles. The van der Waals surface area contributed by atoms with Gasteiger partial charge in [-0.15, -0.1) is 0 Å². The first-order valence-electron chi connectivity index (χ1n) is 7.49. The van der Waals surface area contributed by atoms with Gasteiger partial charge in [0.25, 0.3) is 0 Å². The quantitative estimate of drug-likeness (QED) is 0.427. The molecule has 0 fully saturated rings. The fourth-order valence-corrected chi connectivity index (χ4v) is 2.60. The Kier molecular flexibility index (Phi) is 5.03. The van der Waals surface area contributed by atoms with Gasteiger partial charge in [0.15, 0.2) is 5.11 Å². The van der Waals surface area contributed by atoms with Gasteiger partial charge in [0.05, 0.1) is 13.3 Å². The lowest BCUT2D eigenvalue weighted by molar-refractivity contribution is 0.420. The molecule has 0 bridgehead atoms. The van der Waals surface area contributed by atoms with E-state index in [0.717, 1.165) is 27.8 Å². The summed E-state index contributed by atoms with van der Waals surface area (Å²) in [6.07, 6.45) is 1.75. The second kappa shape index (κ2) is 7.57. The first-order chi connectivity index (χ1) is 11.8. The molecule has 0 atom stereocenters. The van der Waals surface area contributed by atoms with E-state index in [2.05, 4.69) is 15.8 Å². The van der Waals surface area contributed by atoms with Crippen molar-refractivity contribution < 1.29 is 4.74 Å². The van der Waals surface area contributed by atoms with Gasteiger partial charge in [-0.25, -0.2) is 0 Å². The van der Waals surface area contributed by atoms with E-state index in [4.69, 9.17) is 17.0 Å². The summed E-state index contributed by atoms with van der Waals surface area (Å²) in [6.45, 7) is 0. The maximum absolute atomic E-state index is 5.40. The molecule has 0 heterocycles. The average Bonchev–Trinajstić information content (AvgIpc) is 2.62. The molecule has 0 saturated carbocycles. The Morgan fingerprint density at radius 3 is 2.42 bits per heavy atom. The maximum Gasteiger partial charge on any atom is 0.191 e. The minimum absolute atomic E-state index is 0.440. The smallest absolute Gasteiger partial charge is 0.191 e. The summed E-state index contributed by atoms with van der Waals surface area (Å²) >= 11 is 5.23. The standard InChI is InChI=1S/C19H17N3OS/c1-23-18-12-11-14(16-9-5-6-10-17(16)18)13-20-22-19(24)21-15-7-3-2-4-8-15/h2-13H,1H3,(H2,21,22,24). The normalized spacial score (nSPS) is 10.7. The Hall–Kier alpha value is -2.92. The van der Waals surface area contributed by atoms with Crippen LogP contribution in [0.5, 0.6) is 5.75 Å². The van der Waals surface area contributed by atoms with E-state index in [1.165, 1.54) is 0 Å². The molecule has 3 aromatic carbocycles. The van der Waals surface area contributed by atoms with Crippen molar-refractivity contribution in [1.29, 1.82) is 0 Å². The van der Waals surface area contributed by atoms with E-state index in [9.17, 15) is 0 Å². The first kappa shape index (κ1) is 16.0. The fraction of sp³-hybridized carbons (Fsp3) is 0.0526. The molecule has 0 radical (unpaired) electrons. The molecule has 0 saturated heterocycles. The molecule has 24 heavy (non-hydrogen) atoms. The summed E-state index contributed by atoms with van der Waals surface area (Å²) in [5, 5.41) is 9.86. The molecule has 0 amide bonds. The molecule has 0 aliphatic rings. The Balaban J connectivity index is 1.73. The van der Waals surface area contributed by atoms with Gasteiger partial charge in [-0.1, -0.05) is 42.5 Å². The first-order valence-corrected chi connectivity index (χ1v) is 7.89. The van der Waals surface area contributed by atoms with Crippen molar-refractivity contribution in [3.05, 3.63) is 72.3 Å². The number of hydrogen-bond acceptors (Lipinski definition) is 3. The predicted octanol–water partition coefficient (Wildman–Crippen LogP) is 4.17. The van der Waals surface area contributed by atoms with Gasteiger partial charge < -0.3 is 10.1 Å². The lowest BCUT2D eigenvalue weighted by Crippen LogP contribution is -2.23. The van der Waals surface area contributed by atoms with Crippen LogP contribution in [0.15, 0.2) is 71.8 Å². The lowest BCUT2D eigenvalue weighted by Gasteiger charge is -2.08. The molecular weight excluding hydrogens is 318 g/mol. The molecule has 3 rings (SSSR count). The van der Waals surface area contributed by atoms with Crippen molar-refractivity contribution in [2.24, 2.45) is 5.10 Å². The van der Waals surface area contributed by atoms with Gasteiger partial charge in [0.1, 0.15) is 5.75 Å². The number of para-hydroxylation sites is 1. The number of thiocarbonyl (C=S) groups is 1. The zero-order valence-corrected chi connectivity index (χ0v) is 14.0. The van der Waals surface area contributed by atoms with Crippen molar-refractivity contribution in [3.8, 4) is 5.75 Å². The predicted molar refractivity (Wildman–Crippen MR) is 104 cm³/mol. The number of hydrogen-bond donors (Lipinski definition) is 2. The van der Waals surface area contributed by atoms with E-state index in [0.29, 0.717) is 5.11 Å². The van der Waals surface area contributed by atoms with Crippen LogP contribution in [0.1, 0.15) is 5.56 Å². The summed E-state index contributed by atoms with van der Waals surface area (Å²) in [7, 11) is 1.67. The van der Waals surface area contributed by atoms with Crippen LogP contribution in [0.2, 0.25) is 0 Å². The number of fused-ring (bicyclic) bond motifs is 1. The second-order valence-electron chi connectivity index (χ2n) is 5.09. The molecule has 120 valence electrons. The van der Waals surface area contributed by atoms with Gasteiger partial charge in [0, 0.05) is 16.6 Å². The molecule has 4 nitrogen and oxygen atoms in total. The minimum atomic E-state index is 0.440. The Bertz CT molecular complexity index is 878.